The summed E-state index contributed by atoms with van der Waals surface area (Å²) in [6.45, 7) is 27.3. The summed E-state index contributed by atoms with van der Waals surface area (Å²) in [6.07, 6.45) is 0. The Morgan fingerprint density at radius 1 is 0.413 bits per heavy atom. The minimum absolute atomic E-state index is 0.0750. The number of benzene rings is 14. The number of para-hydroxylation sites is 3. The maximum absolute atomic E-state index is 10.2. The molecule has 0 saturated carbocycles. The molecule has 104 heavy (non-hydrogen) atoms. The molecule has 2 aliphatic heterocycles. The van der Waals surface area contributed by atoms with Crippen LogP contribution in [0.25, 0.3) is 104 Å². The summed E-state index contributed by atoms with van der Waals surface area (Å²) in [6, 6.07) is 66.4. The number of anilines is 3. The molecule has 4 heterocycles. The second kappa shape index (κ2) is 23.5. The van der Waals surface area contributed by atoms with Crippen molar-refractivity contribution in [2.24, 2.45) is 0 Å². The molecule has 498 valence electrons. The smallest absolute Gasteiger partial charge is 0.249 e. The van der Waals surface area contributed by atoms with E-state index in [0.717, 1.165) is 105 Å². The summed E-state index contributed by atoms with van der Waals surface area (Å²) >= 11 is 1.57. The third-order valence-corrected chi connectivity index (χ3v) is 22.8. The first-order chi connectivity index (χ1) is 56.7. The van der Waals surface area contributed by atoms with Crippen molar-refractivity contribution in [1.29, 1.82) is 0 Å². The zero-order chi connectivity index (χ0) is 83.8. The maximum atomic E-state index is 10.2. The fourth-order valence-corrected chi connectivity index (χ4v) is 18.0. The van der Waals surface area contributed by atoms with Crippen LogP contribution in [-0.4, -0.2) is 15.8 Å². The Morgan fingerprint density at radius 3 is 1.50 bits per heavy atom. The summed E-state index contributed by atoms with van der Waals surface area (Å²) in [5.41, 5.74) is 16.4. The van der Waals surface area contributed by atoms with E-state index < -0.39 is 114 Å². The molecule has 0 saturated heterocycles. The van der Waals surface area contributed by atoms with Crippen molar-refractivity contribution >= 4 is 101 Å². The maximum Gasteiger partial charge on any atom is 0.249 e. The average Bonchev–Trinajstić information content (AvgIpc) is 1.60. The van der Waals surface area contributed by atoms with Gasteiger partial charge in [0.2, 0.25) is 6.71 Å². The SMILES string of the molecule is [2H]c1c([2H])c([2H])c2c(c1[2H])c1c([2H])c([2H])c([2H])c([2H])c1n2-c1ccc2c(c1)N(c1c(-c3cccc(C(C)(C)C)c3)cc(C(C)(C)C)cc1-c1cccc(C(C)(C)C)c1)c1cc(-n3c4c([2H])c([2H])c([2H])c([2H])c4c4c([2H])c([N+]#[C-])c([2H])c([2H])c43)cc3c1B2c1ccc2c(c1S3)-c1cc(-c3ccccc3)ccc1C2(c1ccccc1)c1ccccc1. The minimum atomic E-state index is -0.919. The Kier molecular flexibility index (Phi) is 11.1. The first kappa shape index (κ1) is 49.1. The van der Waals surface area contributed by atoms with E-state index in [9.17, 15) is 17.8 Å². The molecule has 16 aromatic rings. The van der Waals surface area contributed by atoms with Gasteiger partial charge in [-0.05, 0) is 172 Å². The molecule has 2 aromatic heterocycles. The molecule has 14 aromatic carbocycles. The normalized spacial score (nSPS) is 15.6. The van der Waals surface area contributed by atoms with Crippen LogP contribution in [0, 0.1) is 6.57 Å². The summed E-state index contributed by atoms with van der Waals surface area (Å²) in [7, 11) is 0. The molecule has 0 unspecified atom stereocenters. The quantitative estimate of drug-likeness (QED) is 0.111. The third kappa shape index (κ3) is 9.66. The first-order valence-corrected chi connectivity index (χ1v) is 36.1. The van der Waals surface area contributed by atoms with Crippen molar-refractivity contribution < 1.29 is 20.6 Å². The number of aromatic nitrogens is 2. The van der Waals surface area contributed by atoms with Gasteiger partial charge in [-0.2, -0.15) is 0 Å². The van der Waals surface area contributed by atoms with Gasteiger partial charge in [-0.1, -0.05) is 310 Å². The van der Waals surface area contributed by atoms with Gasteiger partial charge in [-0.3, -0.25) is 0 Å². The van der Waals surface area contributed by atoms with E-state index in [1.54, 1.807) is 20.9 Å². The molecule has 0 amide bonds. The Balaban J connectivity index is 1.05. The number of rotatable bonds is 8. The molecule has 6 heteroatoms. The van der Waals surface area contributed by atoms with Crippen LogP contribution < -0.4 is 21.3 Å². The highest BCUT2D eigenvalue weighted by Crippen LogP contribution is 2.61. The minimum Gasteiger partial charge on any atom is -0.310 e. The van der Waals surface area contributed by atoms with Crippen molar-refractivity contribution in [3.8, 4) is 55.9 Å². The van der Waals surface area contributed by atoms with Gasteiger partial charge >= 0.3 is 0 Å². The molecule has 0 atom stereocenters. The number of hydrogen-bond donors (Lipinski definition) is 0. The van der Waals surface area contributed by atoms with Crippen LogP contribution in [0.15, 0.2) is 313 Å². The fourth-order valence-electron chi connectivity index (χ4n) is 16.6. The second-order valence-electron chi connectivity index (χ2n) is 30.7. The lowest BCUT2D eigenvalue weighted by atomic mass is 9.34. The van der Waals surface area contributed by atoms with Gasteiger partial charge in [0, 0.05) is 68.1 Å². The van der Waals surface area contributed by atoms with Crippen molar-refractivity contribution in [1.82, 2.24) is 9.13 Å². The van der Waals surface area contributed by atoms with Gasteiger partial charge in [0.1, 0.15) is 0 Å². The van der Waals surface area contributed by atoms with Crippen LogP contribution in [-0.2, 0) is 21.7 Å². The van der Waals surface area contributed by atoms with Crippen LogP contribution >= 0.6 is 11.8 Å². The standard InChI is InChI=1S/C98H77BN4S/c1-95(2,3)67-36-26-30-63(52-67)76-55-69(97(7,8)9)56-77(64-31-27-37-68(53-64)96(4,5)6)93(76)103-88-58-71(101-84-41-23-20-38-73(84)74-39-21-24-42-85(74)101)46-49-82(88)99-83-50-48-81-91(79-54-62(61-28-14-11-15-29-61)44-47-80(79)98(81,65-32-16-12-17-33-65)66-34-18-13-19-35-66)94(83)104-90-60-72(59-89(103)92(90)99)102-86-43-25-22-40-75(86)78-57-70(100-10)45-51-87(78)102/h11-60H,1-9H3/i20D,21D,22D,23D,24D,25D,38D,39D,40D,41D,42D,43D,45D,51D,57D. The van der Waals surface area contributed by atoms with E-state index in [1.165, 1.54) is 0 Å². The summed E-state index contributed by atoms with van der Waals surface area (Å²) in [5, 5.41) is -0.390. The van der Waals surface area contributed by atoms with Gasteiger partial charge in [-0.25, -0.2) is 4.85 Å². The summed E-state index contributed by atoms with van der Waals surface area (Å²) in [5.74, 6) is 0. The highest BCUT2D eigenvalue weighted by atomic mass is 32.2. The number of hydrogen-bond acceptors (Lipinski definition) is 2. The molecular weight excluding hydrogens is 1280 g/mol. The van der Waals surface area contributed by atoms with E-state index in [4.69, 9.17) is 9.31 Å². The van der Waals surface area contributed by atoms with E-state index in [1.807, 2.05) is 60.7 Å². The molecule has 19 rings (SSSR count). The topological polar surface area (TPSA) is 17.5 Å². The molecule has 0 fully saturated rings. The molecule has 1 aliphatic carbocycles. The molecular formula is C98H77BN4S. The fraction of sp³-hybridized carbons (Fsp3) is 0.133. The Bertz CT molecular complexity index is 7040. The van der Waals surface area contributed by atoms with E-state index >= 15 is 0 Å². The van der Waals surface area contributed by atoms with Crippen LogP contribution in [0.5, 0.6) is 0 Å². The molecule has 0 spiro atoms. The predicted octanol–water partition coefficient (Wildman–Crippen LogP) is 24.5. The number of nitrogens with zero attached hydrogens (tertiary/aromatic N) is 4. The molecule has 3 aliphatic rings. The summed E-state index contributed by atoms with van der Waals surface area (Å²) in [4.78, 5) is 7.48. The molecule has 4 nitrogen and oxygen atoms in total. The second-order valence-corrected chi connectivity index (χ2v) is 31.8. The van der Waals surface area contributed by atoms with Crippen LogP contribution in [0.4, 0.5) is 22.7 Å². The first-order valence-electron chi connectivity index (χ1n) is 42.8. The van der Waals surface area contributed by atoms with Crippen LogP contribution in [0.3, 0.4) is 0 Å². The van der Waals surface area contributed by atoms with Gasteiger partial charge < -0.3 is 14.0 Å². The Hall–Kier alpha value is -11.6. The van der Waals surface area contributed by atoms with E-state index in [2.05, 4.69) is 224 Å². The van der Waals surface area contributed by atoms with Gasteiger partial charge in [-0.15, -0.1) is 0 Å². The molecule has 0 radical (unpaired) electrons. The average molecular weight is 1370 g/mol. The van der Waals surface area contributed by atoms with Gasteiger partial charge in [0.25, 0.3) is 0 Å². The predicted molar refractivity (Wildman–Crippen MR) is 441 cm³/mol. The zero-order valence-corrected chi connectivity index (χ0v) is 59.8. The lowest BCUT2D eigenvalue weighted by Gasteiger charge is -2.43. The van der Waals surface area contributed by atoms with Crippen LogP contribution in [0.2, 0.25) is 0 Å². The van der Waals surface area contributed by atoms with Crippen molar-refractivity contribution in [2.75, 3.05) is 4.90 Å². The monoisotopic (exact) mass is 1370 g/mol. The van der Waals surface area contributed by atoms with Crippen molar-refractivity contribution in [2.45, 2.75) is 93.8 Å². The Morgan fingerprint density at radius 2 is 0.923 bits per heavy atom. The molecule has 0 N–H and O–H groups in total. The van der Waals surface area contributed by atoms with Crippen LogP contribution in [0.1, 0.15) is 122 Å². The Labute approximate surface area is 635 Å². The largest absolute Gasteiger partial charge is 0.310 e. The van der Waals surface area contributed by atoms with E-state index in [-0.39, 0.29) is 65.8 Å². The lowest BCUT2D eigenvalue weighted by Crippen LogP contribution is -2.60. The van der Waals surface area contributed by atoms with Gasteiger partial charge in [0.15, 0.2) is 5.69 Å². The van der Waals surface area contributed by atoms with E-state index in [0.29, 0.717) is 22.0 Å². The van der Waals surface area contributed by atoms with Crippen molar-refractivity contribution in [3.63, 3.8) is 0 Å². The third-order valence-electron chi connectivity index (χ3n) is 21.6. The highest BCUT2D eigenvalue weighted by molar-refractivity contribution is 8.00. The van der Waals surface area contributed by atoms with Gasteiger partial charge in [0.05, 0.1) is 57.6 Å². The zero-order valence-electron chi connectivity index (χ0n) is 74.0. The highest BCUT2D eigenvalue weighted by Gasteiger charge is 2.51. The molecule has 0 bridgehead atoms. The summed E-state index contributed by atoms with van der Waals surface area (Å²) < 4.78 is 148. The van der Waals surface area contributed by atoms with Crippen molar-refractivity contribution in [3.05, 3.63) is 353 Å². The lowest BCUT2D eigenvalue weighted by molar-refractivity contribution is 0.589. The number of fused-ring (bicyclic) bond motifs is 14.